The van der Waals surface area contributed by atoms with Gasteiger partial charge in [0, 0.05) is 31.0 Å². The molecule has 152 valence electrons. The van der Waals surface area contributed by atoms with Crippen molar-refractivity contribution in [2.75, 3.05) is 23.3 Å². The van der Waals surface area contributed by atoms with Crippen molar-refractivity contribution in [2.45, 2.75) is 25.4 Å². The summed E-state index contributed by atoms with van der Waals surface area (Å²) in [6, 6.07) is 19.8. The van der Waals surface area contributed by atoms with E-state index in [1.165, 1.54) is 0 Å². The smallest absolute Gasteiger partial charge is 0.319 e. The number of piperidine rings is 1. The normalized spacial score (nSPS) is 14.2. The van der Waals surface area contributed by atoms with Crippen LogP contribution in [0.15, 0.2) is 67.0 Å². The molecule has 7 nitrogen and oxygen atoms in total. The maximum absolute atomic E-state index is 12.4. The van der Waals surface area contributed by atoms with E-state index >= 15 is 0 Å². The van der Waals surface area contributed by atoms with Crippen LogP contribution in [-0.4, -0.2) is 34.9 Å². The lowest BCUT2D eigenvalue weighted by molar-refractivity contribution is 0.246. The summed E-state index contributed by atoms with van der Waals surface area (Å²) in [5.74, 6) is 0. The van der Waals surface area contributed by atoms with Crippen molar-refractivity contribution in [3.05, 3.63) is 78.1 Å². The zero-order chi connectivity index (χ0) is 20.8. The number of hydrogen-bond acceptors (Lipinski definition) is 4. The van der Waals surface area contributed by atoms with Gasteiger partial charge >= 0.3 is 6.03 Å². The van der Waals surface area contributed by atoms with Gasteiger partial charge in [0.15, 0.2) is 0 Å². The van der Waals surface area contributed by atoms with Gasteiger partial charge in [0.25, 0.3) is 0 Å². The first kappa shape index (κ1) is 19.5. The van der Waals surface area contributed by atoms with E-state index in [4.69, 9.17) is 5.26 Å². The van der Waals surface area contributed by atoms with Crippen LogP contribution in [0.4, 0.5) is 16.2 Å². The van der Waals surface area contributed by atoms with Crippen LogP contribution in [0.5, 0.6) is 0 Å². The molecule has 2 amide bonds. The lowest BCUT2D eigenvalue weighted by atomic mass is 10.0. The maximum Gasteiger partial charge on any atom is 0.319 e. The van der Waals surface area contributed by atoms with Gasteiger partial charge in [-0.1, -0.05) is 30.3 Å². The number of anilines is 2. The molecule has 0 unspecified atom stereocenters. The topological polar surface area (TPSA) is 86.0 Å². The van der Waals surface area contributed by atoms with Gasteiger partial charge in [-0.25, -0.2) is 4.79 Å². The first-order valence-corrected chi connectivity index (χ1v) is 10.1. The number of urea groups is 1. The van der Waals surface area contributed by atoms with Gasteiger partial charge in [-0.15, -0.1) is 0 Å². The molecule has 2 aromatic carbocycles. The van der Waals surface area contributed by atoms with Crippen molar-refractivity contribution >= 4 is 17.4 Å². The molecule has 0 spiro atoms. The lowest BCUT2D eigenvalue weighted by Crippen LogP contribution is -2.46. The maximum atomic E-state index is 12.4. The predicted octanol–water partition coefficient (Wildman–Crippen LogP) is 3.59. The average molecular weight is 400 g/mol. The number of benzene rings is 2. The second-order valence-electron chi connectivity index (χ2n) is 7.43. The van der Waals surface area contributed by atoms with Gasteiger partial charge in [-0.05, 0) is 42.7 Å². The Morgan fingerprint density at radius 1 is 1.10 bits per heavy atom. The number of nitrogens with zero attached hydrogens (tertiary/aromatic N) is 4. The lowest BCUT2D eigenvalue weighted by Gasteiger charge is -2.34. The molecule has 1 fully saturated rings. The minimum Gasteiger partial charge on any atom is -0.371 e. The average Bonchev–Trinajstić information content (AvgIpc) is 3.21. The van der Waals surface area contributed by atoms with E-state index < -0.39 is 0 Å². The van der Waals surface area contributed by atoms with Gasteiger partial charge < -0.3 is 15.5 Å². The monoisotopic (exact) mass is 400 g/mol. The Balaban J connectivity index is 1.24. The number of amides is 2. The van der Waals surface area contributed by atoms with E-state index in [1.807, 2.05) is 60.8 Å². The highest BCUT2D eigenvalue weighted by molar-refractivity contribution is 5.89. The summed E-state index contributed by atoms with van der Waals surface area (Å²) in [4.78, 5) is 14.6. The molecule has 30 heavy (non-hydrogen) atoms. The molecule has 2 heterocycles. The highest BCUT2D eigenvalue weighted by atomic mass is 16.2. The van der Waals surface area contributed by atoms with Crippen LogP contribution in [-0.2, 0) is 6.54 Å². The third-order valence-corrected chi connectivity index (χ3v) is 5.27. The minimum atomic E-state index is -0.203. The summed E-state index contributed by atoms with van der Waals surface area (Å²) in [5, 5.41) is 19.2. The van der Waals surface area contributed by atoms with Crippen molar-refractivity contribution in [2.24, 2.45) is 0 Å². The molecule has 4 rings (SSSR count). The molecule has 1 aliphatic heterocycles. The largest absolute Gasteiger partial charge is 0.371 e. The van der Waals surface area contributed by atoms with E-state index in [-0.39, 0.29) is 12.1 Å². The van der Waals surface area contributed by atoms with Crippen LogP contribution in [0.2, 0.25) is 0 Å². The van der Waals surface area contributed by atoms with Crippen LogP contribution in [0.3, 0.4) is 0 Å². The van der Waals surface area contributed by atoms with Gasteiger partial charge in [0.05, 0.1) is 30.1 Å². The standard InChI is InChI=1S/C23H24N6O/c24-14-18-6-8-22(9-7-18)28-12-10-20(11-13-28)26-23(30)27-21-15-25-29(17-21)16-19-4-2-1-3-5-19/h1-9,15,17,20H,10-13,16H2,(H2,26,27,30). The predicted molar refractivity (Wildman–Crippen MR) is 116 cm³/mol. The molecule has 0 bridgehead atoms. The van der Waals surface area contributed by atoms with Gasteiger partial charge in [-0.2, -0.15) is 10.4 Å². The van der Waals surface area contributed by atoms with Crippen molar-refractivity contribution in [3.8, 4) is 6.07 Å². The number of carbonyl (C=O) groups excluding carboxylic acids is 1. The molecular weight excluding hydrogens is 376 g/mol. The number of rotatable bonds is 5. The van der Waals surface area contributed by atoms with Crippen molar-refractivity contribution < 1.29 is 4.79 Å². The molecule has 0 atom stereocenters. The van der Waals surface area contributed by atoms with E-state index in [0.29, 0.717) is 17.8 Å². The van der Waals surface area contributed by atoms with Crippen LogP contribution in [0, 0.1) is 11.3 Å². The Labute approximate surface area is 175 Å². The number of nitriles is 1. The third kappa shape index (κ3) is 4.97. The molecule has 3 aromatic rings. The summed E-state index contributed by atoms with van der Waals surface area (Å²) in [5.41, 5.74) is 3.62. The van der Waals surface area contributed by atoms with Crippen LogP contribution in [0.25, 0.3) is 0 Å². The molecule has 0 aliphatic carbocycles. The zero-order valence-corrected chi connectivity index (χ0v) is 16.7. The highest BCUT2D eigenvalue weighted by Gasteiger charge is 2.21. The van der Waals surface area contributed by atoms with Crippen molar-refractivity contribution in [3.63, 3.8) is 0 Å². The Morgan fingerprint density at radius 2 is 1.83 bits per heavy atom. The number of hydrogen-bond donors (Lipinski definition) is 2. The second-order valence-corrected chi connectivity index (χ2v) is 7.43. The summed E-state index contributed by atoms with van der Waals surface area (Å²) in [6.45, 7) is 2.40. The minimum absolute atomic E-state index is 0.138. The molecule has 1 aromatic heterocycles. The molecular formula is C23H24N6O. The Hall–Kier alpha value is -3.79. The van der Waals surface area contributed by atoms with Crippen molar-refractivity contribution in [1.82, 2.24) is 15.1 Å². The van der Waals surface area contributed by atoms with E-state index in [1.54, 1.807) is 10.9 Å². The SMILES string of the molecule is N#Cc1ccc(N2CCC(NC(=O)Nc3cnn(Cc4ccccc4)c3)CC2)cc1. The first-order valence-electron chi connectivity index (χ1n) is 10.1. The van der Waals surface area contributed by atoms with Crippen LogP contribution >= 0.6 is 0 Å². The molecule has 2 N–H and O–H groups in total. The number of carbonyl (C=O) groups is 1. The fourth-order valence-corrected chi connectivity index (χ4v) is 3.67. The highest BCUT2D eigenvalue weighted by Crippen LogP contribution is 2.20. The Bertz CT molecular complexity index is 1010. The van der Waals surface area contributed by atoms with Gasteiger partial charge in [-0.3, -0.25) is 4.68 Å². The first-order chi connectivity index (χ1) is 14.7. The fourth-order valence-electron chi connectivity index (χ4n) is 3.67. The summed E-state index contributed by atoms with van der Waals surface area (Å²) >= 11 is 0. The molecule has 0 radical (unpaired) electrons. The molecule has 0 saturated carbocycles. The number of aromatic nitrogens is 2. The Morgan fingerprint density at radius 3 is 2.53 bits per heavy atom. The summed E-state index contributed by atoms with van der Waals surface area (Å²) in [7, 11) is 0. The quantitative estimate of drug-likeness (QED) is 0.685. The molecule has 1 aliphatic rings. The van der Waals surface area contributed by atoms with Gasteiger partial charge in [0.1, 0.15) is 0 Å². The Kier molecular flexibility index (Phi) is 5.95. The van der Waals surface area contributed by atoms with Crippen LogP contribution in [0.1, 0.15) is 24.0 Å². The van der Waals surface area contributed by atoms with Crippen molar-refractivity contribution in [1.29, 1.82) is 5.26 Å². The molecule has 1 saturated heterocycles. The second kappa shape index (κ2) is 9.14. The van der Waals surface area contributed by atoms with E-state index in [9.17, 15) is 4.79 Å². The summed E-state index contributed by atoms with van der Waals surface area (Å²) < 4.78 is 1.81. The van der Waals surface area contributed by atoms with E-state index in [2.05, 4.69) is 26.7 Å². The fraction of sp³-hybridized carbons (Fsp3) is 0.261. The van der Waals surface area contributed by atoms with Gasteiger partial charge in [0.2, 0.25) is 0 Å². The summed E-state index contributed by atoms with van der Waals surface area (Å²) in [6.07, 6.45) is 5.25. The third-order valence-electron chi connectivity index (χ3n) is 5.27. The van der Waals surface area contributed by atoms with E-state index in [0.717, 1.165) is 37.2 Å². The van der Waals surface area contributed by atoms with Crippen LogP contribution < -0.4 is 15.5 Å². The zero-order valence-electron chi connectivity index (χ0n) is 16.7. The number of nitrogens with one attached hydrogen (secondary N) is 2. The molecule has 7 heteroatoms.